The standard InChI is InChI=1S/C14H17F2NO3/c1-3-4-5-12(14(19)20-2)17-13(18)9-6-10(15)8-11(16)7-9/h6-8,12H,3-5H2,1-2H3,(H,17,18)/t12-/m1/s1. The smallest absolute Gasteiger partial charge is 0.328 e. The Morgan fingerprint density at radius 3 is 2.35 bits per heavy atom. The summed E-state index contributed by atoms with van der Waals surface area (Å²) < 4.78 is 30.7. The number of methoxy groups -OCH3 is 1. The van der Waals surface area contributed by atoms with Crippen LogP contribution in [0.1, 0.15) is 36.5 Å². The molecule has 0 spiro atoms. The molecule has 0 saturated carbocycles. The van der Waals surface area contributed by atoms with Crippen LogP contribution >= 0.6 is 0 Å². The monoisotopic (exact) mass is 285 g/mol. The zero-order chi connectivity index (χ0) is 15.1. The summed E-state index contributed by atoms with van der Waals surface area (Å²) in [6.45, 7) is 1.94. The van der Waals surface area contributed by atoms with Crippen molar-refractivity contribution in [1.29, 1.82) is 0 Å². The lowest BCUT2D eigenvalue weighted by Gasteiger charge is -2.16. The second-order valence-corrected chi connectivity index (χ2v) is 4.35. The summed E-state index contributed by atoms with van der Waals surface area (Å²) in [4.78, 5) is 23.4. The molecule has 1 aromatic rings. The second kappa shape index (κ2) is 7.57. The van der Waals surface area contributed by atoms with E-state index in [2.05, 4.69) is 10.1 Å². The molecule has 0 aliphatic rings. The number of benzene rings is 1. The molecule has 1 N–H and O–H groups in total. The number of carbonyl (C=O) groups is 2. The average Bonchev–Trinajstić information content (AvgIpc) is 2.41. The Labute approximate surface area is 116 Å². The molecule has 0 heterocycles. The number of rotatable bonds is 6. The number of ether oxygens (including phenoxy) is 1. The third-order valence-electron chi connectivity index (χ3n) is 2.76. The van der Waals surface area contributed by atoms with Crippen molar-refractivity contribution in [2.75, 3.05) is 7.11 Å². The number of carbonyl (C=O) groups excluding carboxylic acids is 2. The van der Waals surface area contributed by atoms with Crippen molar-refractivity contribution in [3.8, 4) is 0 Å². The van der Waals surface area contributed by atoms with Gasteiger partial charge in [0.05, 0.1) is 7.11 Å². The molecular formula is C14H17F2NO3. The summed E-state index contributed by atoms with van der Waals surface area (Å²) >= 11 is 0. The lowest BCUT2D eigenvalue weighted by molar-refractivity contribution is -0.143. The zero-order valence-electron chi connectivity index (χ0n) is 11.4. The molecule has 1 aromatic carbocycles. The van der Waals surface area contributed by atoms with Crippen LogP contribution < -0.4 is 5.32 Å². The van der Waals surface area contributed by atoms with E-state index in [1.54, 1.807) is 0 Å². The summed E-state index contributed by atoms with van der Waals surface area (Å²) in [6, 6.07) is 1.67. The van der Waals surface area contributed by atoms with Gasteiger partial charge in [0, 0.05) is 11.6 Å². The topological polar surface area (TPSA) is 55.4 Å². The first-order valence-corrected chi connectivity index (χ1v) is 6.32. The van der Waals surface area contributed by atoms with Gasteiger partial charge >= 0.3 is 5.97 Å². The molecular weight excluding hydrogens is 268 g/mol. The molecule has 110 valence electrons. The summed E-state index contributed by atoms with van der Waals surface area (Å²) in [5, 5.41) is 2.43. The lowest BCUT2D eigenvalue weighted by atomic mass is 10.1. The van der Waals surface area contributed by atoms with Gasteiger partial charge in [0.25, 0.3) is 5.91 Å². The molecule has 0 saturated heterocycles. The molecule has 0 aliphatic carbocycles. The fourth-order valence-corrected chi connectivity index (χ4v) is 1.73. The van der Waals surface area contributed by atoms with Crippen LogP contribution in [-0.2, 0) is 9.53 Å². The van der Waals surface area contributed by atoms with Gasteiger partial charge in [0.2, 0.25) is 0 Å². The lowest BCUT2D eigenvalue weighted by Crippen LogP contribution is -2.41. The quantitative estimate of drug-likeness (QED) is 0.817. The third kappa shape index (κ3) is 4.60. The van der Waals surface area contributed by atoms with Gasteiger partial charge in [-0.1, -0.05) is 19.8 Å². The molecule has 0 fully saturated rings. The van der Waals surface area contributed by atoms with E-state index in [9.17, 15) is 18.4 Å². The summed E-state index contributed by atoms with van der Waals surface area (Å²) in [5.41, 5.74) is -0.173. The third-order valence-corrected chi connectivity index (χ3v) is 2.76. The SMILES string of the molecule is CCCC[C@@H](NC(=O)c1cc(F)cc(F)c1)C(=O)OC. The van der Waals surface area contributed by atoms with Gasteiger partial charge in [0.15, 0.2) is 0 Å². The van der Waals surface area contributed by atoms with Gasteiger partial charge in [-0.3, -0.25) is 4.79 Å². The van der Waals surface area contributed by atoms with E-state index >= 15 is 0 Å². The largest absolute Gasteiger partial charge is 0.467 e. The Morgan fingerprint density at radius 1 is 1.25 bits per heavy atom. The summed E-state index contributed by atoms with van der Waals surface area (Å²) in [5.74, 6) is -2.99. The van der Waals surface area contributed by atoms with Crippen LogP contribution in [0.4, 0.5) is 8.78 Å². The van der Waals surface area contributed by atoms with Gasteiger partial charge in [-0.2, -0.15) is 0 Å². The number of esters is 1. The Hall–Kier alpha value is -1.98. The summed E-state index contributed by atoms with van der Waals surface area (Å²) in [7, 11) is 1.22. The molecule has 1 amide bonds. The van der Waals surface area contributed by atoms with Crippen LogP contribution in [0.15, 0.2) is 18.2 Å². The number of nitrogens with one attached hydrogen (secondary N) is 1. The number of unbranched alkanes of at least 4 members (excludes halogenated alkanes) is 1. The van der Waals surface area contributed by atoms with Crippen molar-refractivity contribution in [2.45, 2.75) is 32.2 Å². The molecule has 4 nitrogen and oxygen atoms in total. The Balaban J connectivity index is 2.81. The Bertz CT molecular complexity index is 471. The van der Waals surface area contributed by atoms with Crippen LogP contribution in [0.2, 0.25) is 0 Å². The van der Waals surface area contributed by atoms with Crippen molar-refractivity contribution in [3.05, 3.63) is 35.4 Å². The minimum absolute atomic E-state index is 0.173. The minimum atomic E-state index is -0.849. The van der Waals surface area contributed by atoms with E-state index in [1.807, 2.05) is 6.92 Å². The first kappa shape index (κ1) is 16.1. The summed E-state index contributed by atoms with van der Waals surface area (Å²) in [6.07, 6.45) is 1.97. The molecule has 0 aliphatic heterocycles. The number of hydrogen-bond donors (Lipinski definition) is 1. The van der Waals surface area contributed by atoms with E-state index in [-0.39, 0.29) is 5.56 Å². The molecule has 0 aromatic heterocycles. The fourth-order valence-electron chi connectivity index (χ4n) is 1.73. The molecule has 0 unspecified atom stereocenters. The Morgan fingerprint density at radius 2 is 1.85 bits per heavy atom. The number of hydrogen-bond acceptors (Lipinski definition) is 3. The van der Waals surface area contributed by atoms with Crippen molar-refractivity contribution in [3.63, 3.8) is 0 Å². The second-order valence-electron chi connectivity index (χ2n) is 4.35. The van der Waals surface area contributed by atoms with Crippen LogP contribution in [0.3, 0.4) is 0 Å². The maximum Gasteiger partial charge on any atom is 0.328 e. The highest BCUT2D eigenvalue weighted by Crippen LogP contribution is 2.09. The maximum absolute atomic E-state index is 13.0. The number of amides is 1. The molecule has 1 atom stereocenters. The first-order chi connectivity index (χ1) is 9.47. The van der Waals surface area contributed by atoms with Crippen LogP contribution in [0.5, 0.6) is 0 Å². The molecule has 0 radical (unpaired) electrons. The number of halogens is 2. The van der Waals surface area contributed by atoms with Crippen molar-refractivity contribution >= 4 is 11.9 Å². The van der Waals surface area contributed by atoms with Crippen molar-refractivity contribution in [2.24, 2.45) is 0 Å². The average molecular weight is 285 g/mol. The maximum atomic E-state index is 13.0. The van der Waals surface area contributed by atoms with E-state index in [0.29, 0.717) is 12.5 Å². The van der Waals surface area contributed by atoms with E-state index in [0.717, 1.165) is 25.0 Å². The molecule has 6 heteroatoms. The molecule has 1 rings (SSSR count). The highest BCUT2D eigenvalue weighted by Gasteiger charge is 2.22. The van der Waals surface area contributed by atoms with E-state index in [4.69, 9.17) is 0 Å². The van der Waals surface area contributed by atoms with Gasteiger partial charge in [-0.25, -0.2) is 13.6 Å². The van der Waals surface area contributed by atoms with Crippen molar-refractivity contribution in [1.82, 2.24) is 5.32 Å². The van der Waals surface area contributed by atoms with Crippen molar-refractivity contribution < 1.29 is 23.1 Å². The van der Waals surface area contributed by atoms with E-state index < -0.39 is 29.6 Å². The zero-order valence-corrected chi connectivity index (χ0v) is 11.4. The predicted molar refractivity (Wildman–Crippen MR) is 69.2 cm³/mol. The van der Waals surface area contributed by atoms with Crippen LogP contribution in [-0.4, -0.2) is 25.0 Å². The highest BCUT2D eigenvalue weighted by molar-refractivity contribution is 5.96. The van der Waals surface area contributed by atoms with E-state index in [1.165, 1.54) is 7.11 Å². The first-order valence-electron chi connectivity index (χ1n) is 6.32. The molecule has 0 bridgehead atoms. The normalized spacial score (nSPS) is 11.8. The molecule has 20 heavy (non-hydrogen) atoms. The van der Waals surface area contributed by atoms with Crippen LogP contribution in [0.25, 0.3) is 0 Å². The van der Waals surface area contributed by atoms with Crippen LogP contribution in [0, 0.1) is 11.6 Å². The Kier molecular flexibility index (Phi) is 6.09. The highest BCUT2D eigenvalue weighted by atomic mass is 19.1. The van der Waals surface area contributed by atoms with Gasteiger partial charge < -0.3 is 10.1 Å². The fraction of sp³-hybridized carbons (Fsp3) is 0.429. The van der Waals surface area contributed by atoms with Gasteiger partial charge in [-0.05, 0) is 18.6 Å². The van der Waals surface area contributed by atoms with Gasteiger partial charge in [0.1, 0.15) is 17.7 Å². The minimum Gasteiger partial charge on any atom is -0.467 e. The van der Waals surface area contributed by atoms with Gasteiger partial charge in [-0.15, -0.1) is 0 Å². The predicted octanol–water partition coefficient (Wildman–Crippen LogP) is 2.43.